The summed E-state index contributed by atoms with van der Waals surface area (Å²) in [7, 11) is 0. The Morgan fingerprint density at radius 1 is 0.794 bits per heavy atom. The molecule has 6 nitrogen and oxygen atoms in total. The minimum Gasteiger partial charge on any atom is -0.352 e. The SMILES string of the molecule is CC(=O)NCc1ccc(C(=O)Nc2ccc(NC(=O)c3ccc(F)cc3)cc2C(F)(F)F)cc1. The van der Waals surface area contributed by atoms with Crippen LogP contribution in [0.2, 0.25) is 0 Å². The second-order valence-corrected chi connectivity index (χ2v) is 7.28. The van der Waals surface area contributed by atoms with Gasteiger partial charge in [0.15, 0.2) is 0 Å². The van der Waals surface area contributed by atoms with Crippen LogP contribution in [0.25, 0.3) is 0 Å². The van der Waals surface area contributed by atoms with Gasteiger partial charge in [0.2, 0.25) is 5.91 Å². The molecule has 3 N–H and O–H groups in total. The number of rotatable bonds is 6. The van der Waals surface area contributed by atoms with Crippen LogP contribution in [-0.2, 0) is 17.5 Å². The van der Waals surface area contributed by atoms with Crippen molar-refractivity contribution in [2.24, 2.45) is 0 Å². The summed E-state index contributed by atoms with van der Waals surface area (Å²) >= 11 is 0. The van der Waals surface area contributed by atoms with Crippen molar-refractivity contribution < 1.29 is 31.9 Å². The van der Waals surface area contributed by atoms with Crippen molar-refractivity contribution in [3.05, 3.63) is 94.8 Å². The molecule has 0 aliphatic heterocycles. The molecule has 0 fully saturated rings. The molecule has 3 aromatic carbocycles. The molecule has 10 heteroatoms. The number of nitrogens with one attached hydrogen (secondary N) is 3. The molecule has 0 saturated carbocycles. The third-order valence-electron chi connectivity index (χ3n) is 4.70. The van der Waals surface area contributed by atoms with E-state index < -0.39 is 35.1 Å². The van der Waals surface area contributed by atoms with Crippen LogP contribution in [0.4, 0.5) is 28.9 Å². The smallest absolute Gasteiger partial charge is 0.352 e. The molecule has 0 atom stereocenters. The highest BCUT2D eigenvalue weighted by Crippen LogP contribution is 2.37. The molecular formula is C24H19F4N3O3. The van der Waals surface area contributed by atoms with Gasteiger partial charge in [-0.15, -0.1) is 0 Å². The summed E-state index contributed by atoms with van der Waals surface area (Å²) in [6.45, 7) is 1.61. The number of carbonyl (C=O) groups is 3. The van der Waals surface area contributed by atoms with Crippen molar-refractivity contribution >= 4 is 29.1 Å². The van der Waals surface area contributed by atoms with Crippen LogP contribution in [0, 0.1) is 5.82 Å². The number of alkyl halides is 3. The predicted octanol–water partition coefficient (Wildman–Crippen LogP) is 4.99. The van der Waals surface area contributed by atoms with Gasteiger partial charge in [-0.1, -0.05) is 12.1 Å². The van der Waals surface area contributed by atoms with E-state index in [1.54, 1.807) is 12.1 Å². The first-order valence-corrected chi connectivity index (χ1v) is 9.96. The van der Waals surface area contributed by atoms with Crippen molar-refractivity contribution in [1.82, 2.24) is 5.32 Å². The van der Waals surface area contributed by atoms with Crippen LogP contribution >= 0.6 is 0 Å². The summed E-state index contributed by atoms with van der Waals surface area (Å²) in [5, 5.41) is 7.16. The Bertz CT molecular complexity index is 1210. The van der Waals surface area contributed by atoms with Crippen LogP contribution < -0.4 is 16.0 Å². The molecule has 0 aliphatic rings. The van der Waals surface area contributed by atoms with Crippen LogP contribution in [0.3, 0.4) is 0 Å². The van der Waals surface area contributed by atoms with E-state index in [1.165, 1.54) is 37.3 Å². The average molecular weight is 473 g/mol. The van der Waals surface area contributed by atoms with Crippen molar-refractivity contribution in [2.45, 2.75) is 19.6 Å². The van der Waals surface area contributed by atoms with Gasteiger partial charge in [0, 0.05) is 30.3 Å². The lowest BCUT2D eigenvalue weighted by molar-refractivity contribution is -0.136. The zero-order valence-electron chi connectivity index (χ0n) is 17.8. The molecular weight excluding hydrogens is 454 g/mol. The molecule has 0 aliphatic carbocycles. The summed E-state index contributed by atoms with van der Waals surface area (Å²) in [5.74, 6) is -2.26. The second-order valence-electron chi connectivity index (χ2n) is 7.28. The second kappa shape index (κ2) is 10.2. The van der Waals surface area contributed by atoms with E-state index in [-0.39, 0.29) is 29.3 Å². The Balaban J connectivity index is 1.77. The summed E-state index contributed by atoms with van der Waals surface area (Å²) in [6.07, 6.45) is -4.82. The van der Waals surface area contributed by atoms with E-state index in [1.807, 2.05) is 0 Å². The first-order chi connectivity index (χ1) is 16.0. The minimum atomic E-state index is -4.82. The molecule has 3 amide bonds. The number of hydrogen-bond acceptors (Lipinski definition) is 3. The van der Waals surface area contributed by atoms with E-state index in [0.29, 0.717) is 11.6 Å². The predicted molar refractivity (Wildman–Crippen MR) is 118 cm³/mol. The summed E-state index contributed by atoms with van der Waals surface area (Å²) in [4.78, 5) is 35.7. The van der Waals surface area contributed by atoms with Gasteiger partial charge in [-0.3, -0.25) is 14.4 Å². The van der Waals surface area contributed by atoms with E-state index in [2.05, 4.69) is 16.0 Å². The molecule has 0 heterocycles. The fraction of sp³-hybridized carbons (Fsp3) is 0.125. The molecule has 3 aromatic rings. The number of amides is 3. The maximum atomic E-state index is 13.6. The van der Waals surface area contributed by atoms with Gasteiger partial charge in [-0.25, -0.2) is 4.39 Å². The number of hydrogen-bond donors (Lipinski definition) is 3. The van der Waals surface area contributed by atoms with Crippen molar-refractivity contribution in [3.63, 3.8) is 0 Å². The molecule has 0 spiro atoms. The van der Waals surface area contributed by atoms with Crippen LogP contribution in [0.15, 0.2) is 66.7 Å². The van der Waals surface area contributed by atoms with Gasteiger partial charge >= 0.3 is 6.18 Å². The zero-order chi connectivity index (χ0) is 24.9. The van der Waals surface area contributed by atoms with Crippen LogP contribution in [-0.4, -0.2) is 17.7 Å². The molecule has 0 aromatic heterocycles. The first-order valence-electron chi connectivity index (χ1n) is 9.96. The standard InChI is InChI=1S/C24H19F4N3O3/c1-14(32)29-13-15-2-4-16(5-3-15)23(34)31-21-11-10-19(12-20(21)24(26,27)28)30-22(33)17-6-8-18(25)9-7-17/h2-12H,13H2,1H3,(H,29,32)(H,30,33)(H,31,34). The van der Waals surface area contributed by atoms with Gasteiger partial charge in [-0.05, 0) is 60.2 Å². The van der Waals surface area contributed by atoms with Crippen molar-refractivity contribution in [3.8, 4) is 0 Å². The Morgan fingerprint density at radius 2 is 1.35 bits per heavy atom. The lowest BCUT2D eigenvalue weighted by Gasteiger charge is -2.16. The van der Waals surface area contributed by atoms with E-state index >= 15 is 0 Å². The topological polar surface area (TPSA) is 87.3 Å². The van der Waals surface area contributed by atoms with Gasteiger partial charge in [0.05, 0.1) is 11.3 Å². The molecule has 0 unspecified atom stereocenters. The van der Waals surface area contributed by atoms with E-state index in [9.17, 15) is 31.9 Å². The summed E-state index contributed by atoms with van der Waals surface area (Å²) in [5.41, 5.74) is -0.895. The average Bonchev–Trinajstić information content (AvgIpc) is 2.78. The molecule has 0 saturated heterocycles. The summed E-state index contributed by atoms with van der Waals surface area (Å²) < 4.78 is 54.0. The van der Waals surface area contributed by atoms with Gasteiger partial charge in [0.1, 0.15) is 5.82 Å². The zero-order valence-corrected chi connectivity index (χ0v) is 17.8. The highest BCUT2D eigenvalue weighted by molar-refractivity contribution is 6.06. The molecule has 34 heavy (non-hydrogen) atoms. The largest absolute Gasteiger partial charge is 0.418 e. The Hall–Kier alpha value is -4.21. The van der Waals surface area contributed by atoms with Gasteiger partial charge < -0.3 is 16.0 Å². The Morgan fingerprint density at radius 3 is 1.91 bits per heavy atom. The number of benzene rings is 3. The van der Waals surface area contributed by atoms with Crippen LogP contribution in [0.1, 0.15) is 38.8 Å². The fourth-order valence-electron chi connectivity index (χ4n) is 2.97. The van der Waals surface area contributed by atoms with E-state index in [4.69, 9.17) is 0 Å². The lowest BCUT2D eigenvalue weighted by atomic mass is 10.1. The highest BCUT2D eigenvalue weighted by Gasteiger charge is 2.34. The maximum absolute atomic E-state index is 13.6. The quantitative estimate of drug-likeness (QED) is 0.441. The minimum absolute atomic E-state index is 0.0642. The molecule has 3 rings (SSSR count). The first kappa shape index (κ1) is 24.4. The fourth-order valence-corrected chi connectivity index (χ4v) is 2.97. The lowest BCUT2D eigenvalue weighted by Crippen LogP contribution is -2.19. The molecule has 0 bridgehead atoms. The molecule has 176 valence electrons. The van der Waals surface area contributed by atoms with Gasteiger partial charge in [0.25, 0.3) is 11.8 Å². The van der Waals surface area contributed by atoms with Gasteiger partial charge in [-0.2, -0.15) is 13.2 Å². The van der Waals surface area contributed by atoms with E-state index in [0.717, 1.165) is 18.2 Å². The molecule has 0 radical (unpaired) electrons. The Kier molecular flexibility index (Phi) is 7.30. The maximum Gasteiger partial charge on any atom is 0.418 e. The van der Waals surface area contributed by atoms with Crippen LogP contribution in [0.5, 0.6) is 0 Å². The third kappa shape index (κ3) is 6.41. The third-order valence-corrected chi connectivity index (χ3v) is 4.70. The Labute approximate surface area is 192 Å². The highest BCUT2D eigenvalue weighted by atomic mass is 19.4. The normalized spacial score (nSPS) is 11.0. The summed E-state index contributed by atoms with van der Waals surface area (Å²) in [6, 6.07) is 13.5. The van der Waals surface area contributed by atoms with Crippen molar-refractivity contribution in [1.29, 1.82) is 0 Å². The number of halogens is 4. The number of anilines is 2. The van der Waals surface area contributed by atoms with Crippen molar-refractivity contribution in [2.75, 3.05) is 10.6 Å². The number of carbonyl (C=O) groups excluding carboxylic acids is 3. The monoisotopic (exact) mass is 473 g/mol.